The molecule has 2 aromatic carbocycles. The zero-order chi connectivity index (χ0) is 22.4. The lowest BCUT2D eigenvalue weighted by atomic mass is 10.1. The third kappa shape index (κ3) is 6.55. The number of anilines is 1. The van der Waals surface area contributed by atoms with Crippen molar-refractivity contribution < 1.29 is 4.79 Å². The molecular weight excluding hydrogens is 422 g/mol. The number of carbonyl (C=O) groups excluding carboxylic acids is 1. The number of fused-ring (bicyclic) bond motifs is 1. The monoisotopic (exact) mass is 455 g/mol. The van der Waals surface area contributed by atoms with E-state index in [9.17, 15) is 4.79 Å². The minimum absolute atomic E-state index is 0.104. The van der Waals surface area contributed by atoms with Gasteiger partial charge < -0.3 is 4.90 Å². The van der Waals surface area contributed by atoms with Gasteiger partial charge in [-0.25, -0.2) is 4.98 Å². The summed E-state index contributed by atoms with van der Waals surface area (Å²) in [6.45, 7) is 14.2. The first-order valence-electron chi connectivity index (χ1n) is 11.0. The van der Waals surface area contributed by atoms with Gasteiger partial charge in [-0.2, -0.15) is 0 Å². The lowest BCUT2D eigenvalue weighted by Gasteiger charge is -2.24. The summed E-state index contributed by atoms with van der Waals surface area (Å²) in [6, 6.07) is 14.7. The van der Waals surface area contributed by atoms with E-state index < -0.39 is 0 Å². The van der Waals surface area contributed by atoms with Crippen LogP contribution in [0.3, 0.4) is 0 Å². The van der Waals surface area contributed by atoms with Gasteiger partial charge in [0.25, 0.3) is 0 Å². The number of aryl methyl sites for hydroxylation is 1. The largest absolute Gasteiger partial charge is 0.302 e. The van der Waals surface area contributed by atoms with Crippen molar-refractivity contribution in [2.24, 2.45) is 0 Å². The van der Waals surface area contributed by atoms with E-state index in [1.807, 2.05) is 22.7 Å². The highest BCUT2D eigenvalue weighted by molar-refractivity contribution is 7.99. The average molecular weight is 456 g/mol. The fraction of sp³-hybridized carbons (Fsp3) is 0.440. The van der Waals surface area contributed by atoms with Crippen LogP contribution in [0.5, 0.6) is 0 Å². The Kier molecular flexibility index (Phi) is 8.52. The van der Waals surface area contributed by atoms with E-state index in [1.54, 1.807) is 11.3 Å². The molecule has 1 aromatic heterocycles. The summed E-state index contributed by atoms with van der Waals surface area (Å²) >= 11 is 3.45. The van der Waals surface area contributed by atoms with Crippen LogP contribution in [0.15, 0.2) is 47.4 Å². The smallest absolute Gasteiger partial charge is 0.233 e. The van der Waals surface area contributed by atoms with Gasteiger partial charge in [0.15, 0.2) is 5.13 Å². The summed E-state index contributed by atoms with van der Waals surface area (Å²) in [5, 5.41) is 1.34. The van der Waals surface area contributed by atoms with Gasteiger partial charge in [0, 0.05) is 23.2 Å². The van der Waals surface area contributed by atoms with E-state index in [-0.39, 0.29) is 5.91 Å². The van der Waals surface area contributed by atoms with E-state index in [0.717, 1.165) is 40.5 Å². The Bertz CT molecular complexity index is 994. The Morgan fingerprint density at radius 2 is 1.77 bits per heavy atom. The molecule has 0 atom stereocenters. The van der Waals surface area contributed by atoms with Crippen LogP contribution in [0.4, 0.5) is 5.13 Å². The van der Waals surface area contributed by atoms with Crippen LogP contribution in [0.1, 0.15) is 38.8 Å². The molecule has 0 spiro atoms. The van der Waals surface area contributed by atoms with Gasteiger partial charge in [0.2, 0.25) is 5.91 Å². The van der Waals surface area contributed by atoms with Crippen LogP contribution in [0.25, 0.3) is 10.2 Å². The molecule has 0 aliphatic carbocycles. The highest BCUT2D eigenvalue weighted by atomic mass is 32.2. The van der Waals surface area contributed by atoms with Crippen LogP contribution in [0, 0.1) is 6.92 Å². The molecule has 1 amide bonds. The standard InChI is InChI=1S/C25H33N3OS2/c1-6-27(7-2)14-15-28(25-26-22-13-8-19(5)16-23(22)31-25)24(29)17-20-9-11-21(12-10-20)30-18(3)4/h8-13,16,18H,6-7,14-15,17H2,1-5H3. The molecule has 0 unspecified atom stereocenters. The van der Waals surface area contributed by atoms with Crippen molar-refractivity contribution in [1.82, 2.24) is 9.88 Å². The molecule has 0 fully saturated rings. The molecule has 0 saturated heterocycles. The topological polar surface area (TPSA) is 36.4 Å². The number of hydrogen-bond donors (Lipinski definition) is 0. The van der Waals surface area contributed by atoms with E-state index in [4.69, 9.17) is 4.98 Å². The summed E-state index contributed by atoms with van der Waals surface area (Å²) in [5.41, 5.74) is 3.22. The first-order chi connectivity index (χ1) is 14.9. The molecule has 0 saturated carbocycles. The number of likely N-dealkylation sites (N-methyl/N-ethyl adjacent to an activating group) is 1. The third-order valence-corrected chi connectivity index (χ3v) is 7.31. The number of benzene rings is 2. The molecule has 3 rings (SSSR count). The van der Waals surface area contributed by atoms with Crippen molar-refractivity contribution in [3.63, 3.8) is 0 Å². The molecule has 0 bridgehead atoms. The Labute approximate surface area is 194 Å². The molecule has 4 nitrogen and oxygen atoms in total. The number of aromatic nitrogens is 1. The van der Waals surface area contributed by atoms with Gasteiger partial charge in [-0.1, -0.05) is 57.2 Å². The molecule has 0 aliphatic rings. The van der Waals surface area contributed by atoms with E-state index in [2.05, 4.69) is 75.9 Å². The quantitative estimate of drug-likeness (QED) is 0.350. The van der Waals surface area contributed by atoms with Crippen molar-refractivity contribution in [3.8, 4) is 0 Å². The Morgan fingerprint density at radius 3 is 2.42 bits per heavy atom. The van der Waals surface area contributed by atoms with Crippen LogP contribution in [-0.2, 0) is 11.2 Å². The molecule has 0 N–H and O–H groups in total. The molecule has 1 heterocycles. The molecule has 6 heteroatoms. The fourth-order valence-electron chi connectivity index (χ4n) is 3.47. The maximum absolute atomic E-state index is 13.4. The summed E-state index contributed by atoms with van der Waals surface area (Å²) < 4.78 is 1.13. The second-order valence-electron chi connectivity index (χ2n) is 8.03. The normalized spacial score (nSPS) is 11.6. The zero-order valence-corrected chi connectivity index (χ0v) is 20.9. The average Bonchev–Trinajstić information content (AvgIpc) is 3.15. The first-order valence-corrected chi connectivity index (χ1v) is 12.7. The van der Waals surface area contributed by atoms with Crippen molar-refractivity contribution in [3.05, 3.63) is 53.6 Å². The van der Waals surface area contributed by atoms with Crippen molar-refractivity contribution in [2.45, 2.75) is 51.2 Å². The van der Waals surface area contributed by atoms with Gasteiger partial charge in [-0.05, 0) is 55.4 Å². The third-order valence-electron chi connectivity index (χ3n) is 5.25. The van der Waals surface area contributed by atoms with Gasteiger partial charge in [0.1, 0.15) is 0 Å². The molecule has 0 radical (unpaired) electrons. The van der Waals surface area contributed by atoms with Crippen molar-refractivity contribution >= 4 is 44.4 Å². The summed E-state index contributed by atoms with van der Waals surface area (Å²) in [4.78, 5) is 23.6. The lowest BCUT2D eigenvalue weighted by Crippen LogP contribution is -2.39. The summed E-state index contributed by atoms with van der Waals surface area (Å²) in [5.74, 6) is 0.104. The maximum atomic E-state index is 13.4. The first kappa shape index (κ1) is 23.8. The number of thioether (sulfide) groups is 1. The molecule has 3 aromatic rings. The van der Waals surface area contributed by atoms with Gasteiger partial charge in [0.05, 0.1) is 16.6 Å². The van der Waals surface area contributed by atoms with E-state index in [0.29, 0.717) is 18.2 Å². The predicted molar refractivity (Wildman–Crippen MR) is 136 cm³/mol. The zero-order valence-electron chi connectivity index (χ0n) is 19.2. The number of nitrogens with zero attached hydrogens (tertiary/aromatic N) is 3. The predicted octanol–water partition coefficient (Wildman–Crippen LogP) is 6.02. The van der Waals surface area contributed by atoms with Crippen LogP contribution < -0.4 is 4.90 Å². The minimum Gasteiger partial charge on any atom is -0.302 e. The number of carbonyl (C=O) groups is 1. The number of thiazole rings is 1. The molecule has 0 aliphatic heterocycles. The van der Waals surface area contributed by atoms with Crippen LogP contribution in [0.2, 0.25) is 0 Å². The second-order valence-corrected chi connectivity index (χ2v) is 10.7. The Balaban J connectivity index is 1.81. The van der Waals surface area contributed by atoms with Crippen molar-refractivity contribution in [1.29, 1.82) is 0 Å². The highest BCUT2D eigenvalue weighted by Crippen LogP contribution is 2.30. The van der Waals surface area contributed by atoms with Crippen molar-refractivity contribution in [2.75, 3.05) is 31.1 Å². The van der Waals surface area contributed by atoms with E-state index >= 15 is 0 Å². The maximum Gasteiger partial charge on any atom is 0.233 e. The fourth-order valence-corrected chi connectivity index (χ4v) is 5.42. The molecule has 166 valence electrons. The van der Waals surface area contributed by atoms with Crippen LogP contribution >= 0.6 is 23.1 Å². The number of rotatable bonds is 10. The van der Waals surface area contributed by atoms with Gasteiger partial charge in [-0.15, -0.1) is 11.8 Å². The van der Waals surface area contributed by atoms with Crippen LogP contribution in [-0.4, -0.2) is 47.2 Å². The second kappa shape index (κ2) is 11.1. The Morgan fingerprint density at radius 1 is 1.06 bits per heavy atom. The Hall–Kier alpha value is -1.89. The van der Waals surface area contributed by atoms with Gasteiger partial charge >= 0.3 is 0 Å². The molecule has 31 heavy (non-hydrogen) atoms. The SMILES string of the molecule is CCN(CC)CCN(C(=O)Cc1ccc(SC(C)C)cc1)c1nc2ccc(C)cc2s1. The highest BCUT2D eigenvalue weighted by Gasteiger charge is 2.21. The van der Waals surface area contributed by atoms with E-state index in [1.165, 1.54) is 10.5 Å². The lowest BCUT2D eigenvalue weighted by molar-refractivity contribution is -0.118. The number of amides is 1. The van der Waals surface area contributed by atoms with Gasteiger partial charge in [-0.3, -0.25) is 9.69 Å². The number of hydrogen-bond acceptors (Lipinski definition) is 5. The molecular formula is C25H33N3OS2. The minimum atomic E-state index is 0.104. The summed E-state index contributed by atoms with van der Waals surface area (Å²) in [7, 11) is 0. The summed E-state index contributed by atoms with van der Waals surface area (Å²) in [6.07, 6.45) is 0.389.